The summed E-state index contributed by atoms with van der Waals surface area (Å²) in [6, 6.07) is 2.15. The van der Waals surface area contributed by atoms with Gasteiger partial charge in [0.05, 0.1) is 15.6 Å². The maximum absolute atomic E-state index is 12.5. The van der Waals surface area contributed by atoms with Crippen LogP contribution < -0.4 is 14.4 Å². The van der Waals surface area contributed by atoms with E-state index in [0.717, 1.165) is 24.8 Å². The number of aromatic nitrogens is 2. The van der Waals surface area contributed by atoms with Crippen LogP contribution in [0.5, 0.6) is 11.8 Å². The molecule has 192 valence electrons. The van der Waals surface area contributed by atoms with Crippen LogP contribution in [0.15, 0.2) is 10.5 Å². The normalized spacial score (nSPS) is 16.7. The highest BCUT2D eigenvalue weighted by Gasteiger charge is 2.30. The molecule has 4 rings (SSSR count). The minimum absolute atomic E-state index is 0.168. The molecule has 0 atom stereocenters. The molecule has 11 heteroatoms. The van der Waals surface area contributed by atoms with Crippen molar-refractivity contribution in [2.75, 3.05) is 58.3 Å². The van der Waals surface area contributed by atoms with E-state index in [9.17, 15) is 4.79 Å². The summed E-state index contributed by atoms with van der Waals surface area (Å²) in [5.41, 5.74) is 0.130. The number of hydrogen-bond acceptors (Lipinski definition) is 8. The van der Waals surface area contributed by atoms with Crippen molar-refractivity contribution < 1.29 is 19.0 Å². The molecule has 1 amide bonds. The number of hydrogen-bond donors (Lipinski definition) is 0. The van der Waals surface area contributed by atoms with E-state index < -0.39 is 5.60 Å². The van der Waals surface area contributed by atoms with Gasteiger partial charge >= 0.3 is 12.1 Å². The largest absolute Gasteiger partial charge is 0.487 e. The molecule has 1 saturated heterocycles. The van der Waals surface area contributed by atoms with Crippen molar-refractivity contribution in [3.05, 3.63) is 15.6 Å². The average molecular weight is 571 g/mol. The molecule has 0 radical (unpaired) electrons. The first-order chi connectivity index (χ1) is 16.5. The minimum atomic E-state index is -0.530. The second-order valence-corrected chi connectivity index (χ2v) is 11.4. The summed E-state index contributed by atoms with van der Waals surface area (Å²) < 4.78 is 18.4. The fraction of sp³-hybridized carbons (Fsp3) is 0.625. The Balaban J connectivity index is 1.65. The number of amides is 1. The van der Waals surface area contributed by atoms with Gasteiger partial charge in [-0.25, -0.2) is 4.79 Å². The fourth-order valence-corrected chi connectivity index (χ4v) is 4.25. The fourth-order valence-electron chi connectivity index (χ4n) is 3.66. The molecule has 1 aromatic carbocycles. The first-order valence-electron chi connectivity index (χ1n) is 11.9. The lowest BCUT2D eigenvalue weighted by molar-refractivity contribution is 0.0240. The van der Waals surface area contributed by atoms with E-state index in [4.69, 9.17) is 35.8 Å². The van der Waals surface area contributed by atoms with Gasteiger partial charge in [-0.1, -0.05) is 11.6 Å². The monoisotopic (exact) mass is 569 g/mol. The summed E-state index contributed by atoms with van der Waals surface area (Å²) in [6.07, 6.45) is 1.89. The quantitative estimate of drug-likeness (QED) is 0.479. The number of ether oxygens (including phenoxy) is 3. The van der Waals surface area contributed by atoms with Crippen LogP contribution in [0, 0.1) is 0 Å². The van der Waals surface area contributed by atoms with Crippen LogP contribution in [-0.4, -0.2) is 91.0 Å². The van der Waals surface area contributed by atoms with Crippen LogP contribution >= 0.6 is 27.5 Å². The zero-order chi connectivity index (χ0) is 25.3. The molecule has 0 unspecified atom stereocenters. The van der Waals surface area contributed by atoms with Crippen LogP contribution in [0.4, 0.5) is 10.6 Å². The van der Waals surface area contributed by atoms with E-state index in [0.29, 0.717) is 65.4 Å². The number of rotatable bonds is 7. The second kappa shape index (κ2) is 10.5. The molecule has 0 spiro atoms. The number of carbonyl (C=O) groups is 1. The van der Waals surface area contributed by atoms with E-state index >= 15 is 0 Å². The van der Waals surface area contributed by atoms with Crippen LogP contribution in [0.3, 0.4) is 0 Å². The van der Waals surface area contributed by atoms with E-state index in [1.54, 1.807) is 4.90 Å². The van der Waals surface area contributed by atoms with E-state index in [-0.39, 0.29) is 12.2 Å². The van der Waals surface area contributed by atoms with Crippen molar-refractivity contribution in [3.8, 4) is 11.8 Å². The Morgan fingerprint density at radius 1 is 1.20 bits per heavy atom. The van der Waals surface area contributed by atoms with Gasteiger partial charge in [-0.05, 0) is 69.7 Å². The van der Waals surface area contributed by atoms with Gasteiger partial charge in [-0.15, -0.1) is 0 Å². The van der Waals surface area contributed by atoms with Crippen molar-refractivity contribution in [1.29, 1.82) is 0 Å². The van der Waals surface area contributed by atoms with Crippen LogP contribution in [-0.2, 0) is 4.74 Å². The molecular formula is C24H33BrClN5O4. The first kappa shape index (κ1) is 26.0. The highest BCUT2D eigenvalue weighted by molar-refractivity contribution is 9.10. The zero-order valence-corrected chi connectivity index (χ0v) is 23.3. The summed E-state index contributed by atoms with van der Waals surface area (Å²) in [7, 11) is 3.97. The summed E-state index contributed by atoms with van der Waals surface area (Å²) in [4.78, 5) is 27.9. The maximum atomic E-state index is 12.5. The lowest BCUT2D eigenvalue weighted by Crippen LogP contribution is -2.50. The Hall–Kier alpha value is -2.04. The molecule has 35 heavy (non-hydrogen) atoms. The lowest BCUT2D eigenvalue weighted by atomic mass is 10.2. The molecular weight excluding hydrogens is 538 g/mol. The number of benzene rings is 1. The molecule has 2 fully saturated rings. The van der Waals surface area contributed by atoms with Crippen LogP contribution in [0.1, 0.15) is 33.6 Å². The minimum Gasteiger partial charge on any atom is -0.487 e. The van der Waals surface area contributed by atoms with E-state index in [2.05, 4.69) is 20.8 Å². The average Bonchev–Trinajstić information content (AvgIpc) is 3.60. The number of nitrogens with zero attached hydrogens (tertiary/aromatic N) is 5. The number of piperazine rings is 1. The molecule has 9 nitrogen and oxygen atoms in total. The van der Waals surface area contributed by atoms with Gasteiger partial charge in [-0.2, -0.15) is 9.97 Å². The predicted octanol–water partition coefficient (Wildman–Crippen LogP) is 4.58. The summed E-state index contributed by atoms with van der Waals surface area (Å²) in [5.74, 6) is 1.33. The Morgan fingerprint density at radius 3 is 2.49 bits per heavy atom. The number of fused-ring (bicyclic) bond motifs is 1. The molecule has 1 saturated carbocycles. The first-order valence-corrected chi connectivity index (χ1v) is 13.1. The summed E-state index contributed by atoms with van der Waals surface area (Å²) in [5, 5.41) is 1.33. The van der Waals surface area contributed by atoms with Gasteiger partial charge in [0.15, 0.2) is 5.75 Å². The second-order valence-electron chi connectivity index (χ2n) is 10.2. The number of carbonyl (C=O) groups excluding carboxylic acids is 1. The smallest absolute Gasteiger partial charge is 0.410 e. The standard InChI is InChI=1S/C24H33BrClN5O4/c1-24(2,3)35-23(32)31-10-8-30(9-11-31)21-16-14-17(26)18(25)20(34-15-6-7-15)19(16)27-22(28-21)33-13-12-29(4)5/h14-15H,6-13H2,1-5H3. The molecule has 1 aliphatic heterocycles. The maximum Gasteiger partial charge on any atom is 0.410 e. The van der Waals surface area contributed by atoms with Gasteiger partial charge < -0.3 is 28.9 Å². The molecule has 1 aliphatic carbocycles. The highest BCUT2D eigenvalue weighted by Crippen LogP contribution is 2.44. The van der Waals surface area contributed by atoms with Gasteiger partial charge in [0.2, 0.25) is 0 Å². The predicted molar refractivity (Wildman–Crippen MR) is 140 cm³/mol. The van der Waals surface area contributed by atoms with E-state index in [1.807, 2.05) is 45.8 Å². The Bertz CT molecular complexity index is 1080. The number of halogens is 2. The molecule has 2 heterocycles. The molecule has 1 aromatic heterocycles. The zero-order valence-electron chi connectivity index (χ0n) is 20.9. The van der Waals surface area contributed by atoms with Crippen molar-refractivity contribution >= 4 is 50.3 Å². The van der Waals surface area contributed by atoms with E-state index in [1.165, 1.54) is 0 Å². The Morgan fingerprint density at radius 2 is 1.89 bits per heavy atom. The van der Waals surface area contributed by atoms with Crippen LogP contribution in [0.2, 0.25) is 5.02 Å². The third-order valence-electron chi connectivity index (χ3n) is 5.61. The SMILES string of the molecule is CN(C)CCOc1nc(N2CCN(C(=O)OC(C)(C)C)CC2)c2cc(Cl)c(Br)c(OC3CC3)c2n1. The van der Waals surface area contributed by atoms with Gasteiger partial charge in [0, 0.05) is 38.1 Å². The lowest BCUT2D eigenvalue weighted by Gasteiger charge is -2.36. The third kappa shape index (κ3) is 6.59. The van der Waals surface area contributed by atoms with Crippen molar-refractivity contribution in [1.82, 2.24) is 19.8 Å². The van der Waals surface area contributed by atoms with Crippen molar-refractivity contribution in [2.24, 2.45) is 0 Å². The van der Waals surface area contributed by atoms with Gasteiger partial charge in [0.1, 0.15) is 23.5 Å². The van der Waals surface area contributed by atoms with Crippen molar-refractivity contribution in [2.45, 2.75) is 45.3 Å². The highest BCUT2D eigenvalue weighted by atomic mass is 79.9. The molecule has 2 aliphatic rings. The number of likely N-dealkylation sites (N-methyl/N-ethyl adjacent to an activating group) is 1. The molecule has 2 aromatic rings. The Kier molecular flexibility index (Phi) is 7.83. The summed E-state index contributed by atoms with van der Waals surface area (Å²) >= 11 is 10.2. The van der Waals surface area contributed by atoms with Gasteiger partial charge in [-0.3, -0.25) is 0 Å². The Labute approximate surface area is 219 Å². The molecule has 0 N–H and O–H groups in total. The van der Waals surface area contributed by atoms with Gasteiger partial charge in [0.25, 0.3) is 0 Å². The number of anilines is 1. The molecule has 0 bridgehead atoms. The van der Waals surface area contributed by atoms with Crippen LogP contribution in [0.25, 0.3) is 10.9 Å². The summed E-state index contributed by atoms with van der Waals surface area (Å²) in [6.45, 7) is 9.03. The van der Waals surface area contributed by atoms with Crippen molar-refractivity contribution in [3.63, 3.8) is 0 Å². The topological polar surface area (TPSA) is 80.3 Å². The third-order valence-corrected chi connectivity index (χ3v) is 6.92.